The van der Waals surface area contributed by atoms with Crippen molar-refractivity contribution in [1.82, 2.24) is 4.57 Å². The maximum atomic E-state index is 14.2. The molecule has 4 N–H and O–H groups in total. The zero-order valence-corrected chi connectivity index (χ0v) is 13.4. The zero-order chi connectivity index (χ0) is 16.4. The fraction of sp³-hybridized carbons (Fsp3) is 0.286. The van der Waals surface area contributed by atoms with Crippen LogP contribution in [0, 0.1) is 5.82 Å². The first-order valence-corrected chi connectivity index (χ1v) is 7.44. The minimum Gasteiger partial charge on any atom is -0.477 e. The standard InChI is InChI=1S/C14H15BrFN3O3/c1-2-19-6-8(14(21)22)13(20)7-5-9(16)11(18-4-3-17)10(15)12(7)19/h5-6,18H,2-4,17H2,1H3,(H,21,22). The predicted octanol–water partition coefficient (Wildman–Crippen LogP) is 1.99. The van der Waals surface area contributed by atoms with Gasteiger partial charge in [0, 0.05) is 25.8 Å². The molecule has 1 aromatic carbocycles. The summed E-state index contributed by atoms with van der Waals surface area (Å²) in [6.07, 6.45) is 1.27. The van der Waals surface area contributed by atoms with Gasteiger partial charge >= 0.3 is 5.97 Å². The lowest BCUT2D eigenvalue weighted by Crippen LogP contribution is -2.20. The number of hydrogen-bond acceptors (Lipinski definition) is 4. The molecule has 0 aliphatic heterocycles. The number of nitrogens with two attached hydrogens (primary N) is 1. The summed E-state index contributed by atoms with van der Waals surface area (Å²) in [6, 6.07) is 1.06. The number of rotatable bonds is 5. The number of halogens is 2. The monoisotopic (exact) mass is 371 g/mol. The minimum absolute atomic E-state index is 0.0180. The van der Waals surface area contributed by atoms with Crippen molar-refractivity contribution in [2.24, 2.45) is 5.73 Å². The molecule has 0 saturated carbocycles. The maximum absolute atomic E-state index is 14.2. The van der Waals surface area contributed by atoms with Gasteiger partial charge in [-0.25, -0.2) is 9.18 Å². The summed E-state index contributed by atoms with van der Waals surface area (Å²) in [4.78, 5) is 23.4. The van der Waals surface area contributed by atoms with Crippen LogP contribution in [0.5, 0.6) is 0 Å². The summed E-state index contributed by atoms with van der Waals surface area (Å²) in [5.74, 6) is -1.98. The normalized spacial score (nSPS) is 10.9. The van der Waals surface area contributed by atoms with Crippen LogP contribution in [0.25, 0.3) is 10.9 Å². The Balaban J connectivity index is 2.87. The molecule has 0 amide bonds. The molecule has 0 saturated heterocycles. The van der Waals surface area contributed by atoms with Gasteiger partial charge in [0.05, 0.1) is 21.1 Å². The first kappa shape index (κ1) is 16.4. The summed E-state index contributed by atoms with van der Waals surface area (Å²) in [5, 5.41) is 12.0. The number of nitrogens with zero attached hydrogens (tertiary/aromatic N) is 1. The van der Waals surface area contributed by atoms with Crippen molar-refractivity contribution < 1.29 is 14.3 Å². The molecule has 0 bridgehead atoms. The summed E-state index contributed by atoms with van der Waals surface area (Å²) in [5.41, 5.74) is 4.94. The van der Waals surface area contributed by atoms with Crippen LogP contribution < -0.4 is 16.5 Å². The third-order valence-electron chi connectivity index (χ3n) is 3.27. The average Bonchev–Trinajstić information content (AvgIpc) is 2.47. The van der Waals surface area contributed by atoms with Crippen molar-refractivity contribution >= 4 is 38.5 Å². The third kappa shape index (κ3) is 2.71. The molecule has 0 radical (unpaired) electrons. The van der Waals surface area contributed by atoms with Crippen LogP contribution in [-0.4, -0.2) is 28.7 Å². The van der Waals surface area contributed by atoms with Crippen LogP contribution in [-0.2, 0) is 6.54 Å². The molecule has 0 aliphatic rings. The van der Waals surface area contributed by atoms with Gasteiger partial charge < -0.3 is 20.7 Å². The van der Waals surface area contributed by atoms with Gasteiger partial charge in [-0.3, -0.25) is 4.79 Å². The van der Waals surface area contributed by atoms with E-state index in [2.05, 4.69) is 21.2 Å². The molecule has 1 heterocycles. The van der Waals surface area contributed by atoms with Crippen molar-refractivity contribution in [3.05, 3.63) is 38.3 Å². The molecule has 1 aromatic heterocycles. The second-order valence-electron chi connectivity index (χ2n) is 4.62. The Labute approximate surface area is 133 Å². The predicted molar refractivity (Wildman–Crippen MR) is 86.0 cm³/mol. The van der Waals surface area contributed by atoms with E-state index >= 15 is 0 Å². The largest absolute Gasteiger partial charge is 0.477 e. The van der Waals surface area contributed by atoms with E-state index in [1.165, 1.54) is 6.20 Å². The Morgan fingerprint density at radius 3 is 2.77 bits per heavy atom. The second-order valence-corrected chi connectivity index (χ2v) is 5.42. The van der Waals surface area contributed by atoms with Crippen molar-refractivity contribution in [2.75, 3.05) is 18.4 Å². The van der Waals surface area contributed by atoms with E-state index in [4.69, 9.17) is 10.8 Å². The van der Waals surface area contributed by atoms with Crippen LogP contribution in [0.1, 0.15) is 17.3 Å². The Morgan fingerprint density at radius 1 is 1.55 bits per heavy atom. The molecule has 0 spiro atoms. The highest BCUT2D eigenvalue weighted by Gasteiger charge is 2.20. The highest BCUT2D eigenvalue weighted by molar-refractivity contribution is 9.10. The van der Waals surface area contributed by atoms with Gasteiger partial charge in [-0.05, 0) is 28.9 Å². The van der Waals surface area contributed by atoms with Gasteiger partial charge in [0.1, 0.15) is 11.4 Å². The smallest absolute Gasteiger partial charge is 0.341 e. The fourth-order valence-electron chi connectivity index (χ4n) is 2.25. The molecule has 0 aliphatic carbocycles. The van der Waals surface area contributed by atoms with Crippen molar-refractivity contribution in [1.29, 1.82) is 0 Å². The highest BCUT2D eigenvalue weighted by atomic mass is 79.9. The van der Waals surface area contributed by atoms with E-state index in [1.807, 2.05) is 0 Å². The number of aromatic carboxylic acids is 1. The minimum atomic E-state index is -1.34. The number of nitrogens with one attached hydrogen (secondary N) is 1. The van der Waals surface area contributed by atoms with Gasteiger partial charge in [-0.1, -0.05) is 0 Å². The van der Waals surface area contributed by atoms with E-state index in [0.717, 1.165) is 6.07 Å². The van der Waals surface area contributed by atoms with E-state index in [0.29, 0.717) is 29.6 Å². The van der Waals surface area contributed by atoms with Gasteiger partial charge in [0.25, 0.3) is 0 Å². The molecule has 8 heteroatoms. The van der Waals surface area contributed by atoms with Crippen molar-refractivity contribution in [3.8, 4) is 0 Å². The number of hydrogen-bond donors (Lipinski definition) is 3. The lowest BCUT2D eigenvalue weighted by Gasteiger charge is -2.16. The summed E-state index contributed by atoms with van der Waals surface area (Å²) in [7, 11) is 0. The molecule has 0 fully saturated rings. The molecule has 118 valence electrons. The Kier molecular flexibility index (Phi) is 4.82. The lowest BCUT2D eigenvalue weighted by molar-refractivity contribution is 0.0695. The number of pyridine rings is 1. The number of aromatic nitrogens is 1. The van der Waals surface area contributed by atoms with Crippen LogP contribution >= 0.6 is 15.9 Å². The number of carboxylic acids is 1. The van der Waals surface area contributed by atoms with Crippen molar-refractivity contribution in [3.63, 3.8) is 0 Å². The fourth-order valence-corrected chi connectivity index (χ4v) is 3.02. The molecule has 2 rings (SSSR count). The average molecular weight is 372 g/mol. The first-order valence-electron chi connectivity index (χ1n) is 6.64. The van der Waals surface area contributed by atoms with Gasteiger partial charge in [-0.2, -0.15) is 0 Å². The molecule has 0 unspecified atom stereocenters. The van der Waals surface area contributed by atoms with Crippen LogP contribution in [0.2, 0.25) is 0 Å². The number of carbonyl (C=O) groups is 1. The lowest BCUT2D eigenvalue weighted by atomic mass is 10.1. The number of fused-ring (bicyclic) bond motifs is 1. The van der Waals surface area contributed by atoms with E-state index in [1.54, 1.807) is 11.5 Å². The van der Waals surface area contributed by atoms with Crippen LogP contribution in [0.4, 0.5) is 10.1 Å². The molecule has 22 heavy (non-hydrogen) atoms. The summed E-state index contributed by atoms with van der Waals surface area (Å²) >= 11 is 3.30. The number of aryl methyl sites for hydroxylation is 1. The number of anilines is 1. The first-order chi connectivity index (χ1) is 10.4. The van der Waals surface area contributed by atoms with E-state index in [9.17, 15) is 14.0 Å². The maximum Gasteiger partial charge on any atom is 0.341 e. The van der Waals surface area contributed by atoms with Gasteiger partial charge in [-0.15, -0.1) is 0 Å². The second kappa shape index (κ2) is 6.45. The van der Waals surface area contributed by atoms with Crippen LogP contribution in [0.15, 0.2) is 21.5 Å². The van der Waals surface area contributed by atoms with Crippen LogP contribution in [0.3, 0.4) is 0 Å². The summed E-state index contributed by atoms with van der Waals surface area (Å²) in [6.45, 7) is 2.92. The molecule has 0 atom stereocenters. The van der Waals surface area contributed by atoms with Gasteiger partial charge in [0.2, 0.25) is 5.43 Å². The Morgan fingerprint density at radius 2 is 2.23 bits per heavy atom. The van der Waals surface area contributed by atoms with E-state index in [-0.39, 0.29) is 16.6 Å². The zero-order valence-electron chi connectivity index (χ0n) is 11.8. The topological polar surface area (TPSA) is 97.3 Å². The van der Waals surface area contributed by atoms with Gasteiger partial charge in [0.15, 0.2) is 0 Å². The number of carboxylic acid groups (broad SMARTS) is 1. The number of benzene rings is 1. The van der Waals surface area contributed by atoms with E-state index < -0.39 is 17.2 Å². The molecule has 6 nitrogen and oxygen atoms in total. The highest BCUT2D eigenvalue weighted by Crippen LogP contribution is 2.33. The molecule has 2 aromatic rings. The molecular formula is C14H15BrFN3O3. The Hall–Kier alpha value is -1.93. The molecular weight excluding hydrogens is 357 g/mol. The quantitative estimate of drug-likeness (QED) is 0.746. The SMILES string of the molecule is CCn1cc(C(=O)O)c(=O)c2cc(F)c(NCCN)c(Br)c21. The van der Waals surface area contributed by atoms with Crippen molar-refractivity contribution in [2.45, 2.75) is 13.5 Å². The Bertz CT molecular complexity index is 804. The summed E-state index contributed by atoms with van der Waals surface area (Å²) < 4.78 is 16.2. The third-order valence-corrected chi connectivity index (χ3v) is 4.04.